The lowest BCUT2D eigenvalue weighted by atomic mass is 9.98. The number of carbonyl (C=O) groups excluding carboxylic acids is 2. The summed E-state index contributed by atoms with van der Waals surface area (Å²) in [5, 5.41) is 13.7. The molecule has 0 aromatic heterocycles. The quantitative estimate of drug-likeness (QED) is 0.399. The molecule has 3 aromatic carbocycles. The van der Waals surface area contributed by atoms with Gasteiger partial charge in [0.25, 0.3) is 5.91 Å². The van der Waals surface area contributed by atoms with E-state index < -0.39 is 24.5 Å². The summed E-state index contributed by atoms with van der Waals surface area (Å²) >= 11 is 2.02. The maximum absolute atomic E-state index is 12.5. The molecule has 0 saturated carbocycles. The van der Waals surface area contributed by atoms with E-state index in [4.69, 9.17) is 9.84 Å². The molecule has 0 bridgehead atoms. The monoisotopic (exact) mass is 542 g/mol. The maximum Gasteiger partial charge on any atom is 0.411 e. The molecule has 0 unspecified atom stereocenters. The number of amides is 2. The molecule has 3 N–H and O–H groups in total. The fourth-order valence-corrected chi connectivity index (χ4v) is 4.47. The van der Waals surface area contributed by atoms with Crippen LogP contribution in [0.1, 0.15) is 27.4 Å². The van der Waals surface area contributed by atoms with Crippen LogP contribution in [0.15, 0.2) is 66.7 Å². The van der Waals surface area contributed by atoms with Gasteiger partial charge < -0.3 is 15.2 Å². The highest BCUT2D eigenvalue weighted by Gasteiger charge is 2.29. The van der Waals surface area contributed by atoms with E-state index >= 15 is 0 Å². The van der Waals surface area contributed by atoms with Crippen LogP contribution < -0.4 is 10.6 Å². The minimum absolute atomic E-state index is 0.0542. The fraction of sp³-hybridized carbons (Fsp3) is 0.125. The van der Waals surface area contributed by atoms with E-state index in [9.17, 15) is 14.4 Å². The van der Waals surface area contributed by atoms with Crippen molar-refractivity contribution in [2.24, 2.45) is 0 Å². The zero-order valence-electron chi connectivity index (χ0n) is 16.8. The van der Waals surface area contributed by atoms with E-state index in [0.29, 0.717) is 9.26 Å². The predicted molar refractivity (Wildman–Crippen MR) is 128 cm³/mol. The second-order valence-corrected chi connectivity index (χ2v) is 8.50. The number of fused-ring (bicyclic) bond motifs is 3. The number of nitrogens with one attached hydrogen (secondary N) is 2. The van der Waals surface area contributed by atoms with Gasteiger partial charge in [0.2, 0.25) is 0 Å². The number of ether oxygens (including phenoxy) is 1. The van der Waals surface area contributed by atoms with Crippen LogP contribution in [0.5, 0.6) is 0 Å². The number of carboxylic acid groups (broad SMARTS) is 1. The molecule has 0 spiro atoms. The van der Waals surface area contributed by atoms with E-state index in [-0.39, 0.29) is 18.1 Å². The Labute approximate surface area is 197 Å². The normalized spacial score (nSPS) is 11.9. The second-order valence-electron chi connectivity index (χ2n) is 7.26. The minimum Gasteiger partial charge on any atom is -0.480 e. The summed E-state index contributed by atoms with van der Waals surface area (Å²) in [6.07, 6.45) is -0.634. The van der Waals surface area contributed by atoms with Crippen molar-refractivity contribution >= 4 is 46.2 Å². The van der Waals surface area contributed by atoms with Gasteiger partial charge in [-0.3, -0.25) is 14.9 Å². The SMILES string of the molecule is O=C(O)CNC(=O)c1cc(I)cc(NC(=O)OCC2c3ccccc3-c3ccccc32)c1. The summed E-state index contributed by atoms with van der Waals surface area (Å²) in [5.41, 5.74) is 5.15. The van der Waals surface area contributed by atoms with Crippen LogP contribution in [0.25, 0.3) is 11.1 Å². The van der Waals surface area contributed by atoms with Gasteiger partial charge in [-0.15, -0.1) is 0 Å². The molecule has 8 heteroatoms. The molecule has 0 radical (unpaired) electrons. The molecule has 2 amide bonds. The molecule has 3 aromatic rings. The molecule has 0 saturated heterocycles. The van der Waals surface area contributed by atoms with Gasteiger partial charge in [0.15, 0.2) is 0 Å². The van der Waals surface area contributed by atoms with Crippen molar-refractivity contribution in [1.82, 2.24) is 5.32 Å². The third-order valence-electron chi connectivity index (χ3n) is 5.15. The average molecular weight is 542 g/mol. The van der Waals surface area contributed by atoms with Crippen molar-refractivity contribution in [2.75, 3.05) is 18.5 Å². The summed E-state index contributed by atoms with van der Waals surface area (Å²) in [5.74, 6) is -1.73. The summed E-state index contributed by atoms with van der Waals surface area (Å²) in [6, 6.07) is 20.9. The molecular weight excluding hydrogens is 523 g/mol. The van der Waals surface area contributed by atoms with Gasteiger partial charge >= 0.3 is 12.1 Å². The largest absolute Gasteiger partial charge is 0.480 e. The third-order valence-corrected chi connectivity index (χ3v) is 5.77. The number of benzene rings is 3. The lowest BCUT2D eigenvalue weighted by molar-refractivity contribution is -0.135. The second kappa shape index (κ2) is 9.39. The summed E-state index contributed by atoms with van der Waals surface area (Å²) < 4.78 is 6.24. The van der Waals surface area contributed by atoms with Crippen molar-refractivity contribution in [1.29, 1.82) is 0 Å². The number of carboxylic acids is 1. The predicted octanol–water partition coefficient (Wildman–Crippen LogP) is 4.47. The van der Waals surface area contributed by atoms with Crippen LogP contribution in [0.4, 0.5) is 10.5 Å². The topological polar surface area (TPSA) is 105 Å². The first-order valence-electron chi connectivity index (χ1n) is 9.85. The molecule has 1 aliphatic rings. The molecule has 0 atom stereocenters. The Bertz CT molecular complexity index is 1160. The summed E-state index contributed by atoms with van der Waals surface area (Å²) in [7, 11) is 0. The average Bonchev–Trinajstić information content (AvgIpc) is 3.09. The summed E-state index contributed by atoms with van der Waals surface area (Å²) in [6.45, 7) is -0.310. The first-order chi connectivity index (χ1) is 15.4. The van der Waals surface area contributed by atoms with Crippen molar-refractivity contribution in [3.05, 3.63) is 87.0 Å². The Morgan fingerprint density at radius 2 is 1.56 bits per heavy atom. The highest BCUT2D eigenvalue weighted by molar-refractivity contribution is 14.1. The number of hydrogen-bond acceptors (Lipinski definition) is 4. The minimum atomic E-state index is -1.14. The highest BCUT2D eigenvalue weighted by atomic mass is 127. The first kappa shape index (κ1) is 21.8. The van der Waals surface area contributed by atoms with Gasteiger partial charge in [0.05, 0.1) is 0 Å². The van der Waals surface area contributed by atoms with Crippen molar-refractivity contribution in [3.63, 3.8) is 0 Å². The standard InChI is InChI=1S/C24H19IN2O5/c25-15-9-14(23(30)26-12-22(28)29)10-16(11-15)27-24(31)32-13-21-19-7-3-1-5-17(19)18-6-2-4-8-20(18)21/h1-11,21H,12-13H2,(H,26,30)(H,27,31)(H,28,29). The van der Waals surface area contributed by atoms with E-state index in [1.165, 1.54) is 6.07 Å². The lowest BCUT2D eigenvalue weighted by Gasteiger charge is -2.15. The van der Waals surface area contributed by atoms with Gasteiger partial charge in [0, 0.05) is 20.7 Å². The van der Waals surface area contributed by atoms with Gasteiger partial charge in [-0.25, -0.2) is 4.79 Å². The zero-order valence-corrected chi connectivity index (χ0v) is 19.0. The van der Waals surface area contributed by atoms with Crippen LogP contribution in [0.2, 0.25) is 0 Å². The molecule has 162 valence electrons. The van der Waals surface area contributed by atoms with Gasteiger partial charge in [0.1, 0.15) is 13.2 Å². The Balaban J connectivity index is 1.44. The van der Waals surface area contributed by atoms with E-state index in [2.05, 4.69) is 22.8 Å². The lowest BCUT2D eigenvalue weighted by Crippen LogP contribution is -2.29. The number of rotatable bonds is 6. The number of anilines is 1. The van der Waals surface area contributed by atoms with Crippen LogP contribution >= 0.6 is 22.6 Å². The van der Waals surface area contributed by atoms with Gasteiger partial charge in [-0.2, -0.15) is 0 Å². The van der Waals surface area contributed by atoms with E-state index in [1.54, 1.807) is 12.1 Å². The molecule has 32 heavy (non-hydrogen) atoms. The number of aliphatic carboxylic acids is 1. The van der Waals surface area contributed by atoms with Crippen molar-refractivity contribution in [3.8, 4) is 11.1 Å². The third kappa shape index (κ3) is 4.75. The van der Waals surface area contributed by atoms with Crippen LogP contribution in [0.3, 0.4) is 0 Å². The van der Waals surface area contributed by atoms with Gasteiger partial charge in [-0.05, 0) is 63.0 Å². The molecule has 4 rings (SSSR count). The molecule has 0 heterocycles. The Morgan fingerprint density at radius 1 is 0.938 bits per heavy atom. The first-order valence-corrected chi connectivity index (χ1v) is 10.9. The molecule has 0 fully saturated rings. The smallest absolute Gasteiger partial charge is 0.411 e. The van der Waals surface area contributed by atoms with Crippen LogP contribution in [0, 0.1) is 3.57 Å². The molecule has 7 nitrogen and oxygen atoms in total. The fourth-order valence-electron chi connectivity index (χ4n) is 3.80. The molecule has 1 aliphatic carbocycles. The van der Waals surface area contributed by atoms with Crippen LogP contribution in [-0.4, -0.2) is 36.2 Å². The molecule has 0 aliphatic heterocycles. The maximum atomic E-state index is 12.5. The zero-order chi connectivity index (χ0) is 22.7. The Hall–Kier alpha value is -3.40. The number of hydrogen-bond donors (Lipinski definition) is 3. The summed E-state index contributed by atoms with van der Waals surface area (Å²) in [4.78, 5) is 35.3. The van der Waals surface area contributed by atoms with Crippen molar-refractivity contribution < 1.29 is 24.2 Å². The van der Waals surface area contributed by atoms with E-state index in [0.717, 1.165) is 22.3 Å². The van der Waals surface area contributed by atoms with Crippen LogP contribution in [-0.2, 0) is 9.53 Å². The Morgan fingerprint density at radius 3 is 2.19 bits per heavy atom. The molecular formula is C24H19IN2O5. The van der Waals surface area contributed by atoms with E-state index in [1.807, 2.05) is 59.0 Å². The van der Waals surface area contributed by atoms with Gasteiger partial charge in [-0.1, -0.05) is 48.5 Å². The number of carbonyl (C=O) groups is 3. The highest BCUT2D eigenvalue weighted by Crippen LogP contribution is 2.44. The number of halogens is 1. The van der Waals surface area contributed by atoms with Crippen molar-refractivity contribution in [2.45, 2.75) is 5.92 Å². The Kier molecular flexibility index (Phi) is 6.40.